The van der Waals surface area contributed by atoms with Gasteiger partial charge in [0.1, 0.15) is 18.2 Å². The van der Waals surface area contributed by atoms with Crippen molar-refractivity contribution in [3.63, 3.8) is 0 Å². The Balaban J connectivity index is 1.73. The summed E-state index contributed by atoms with van der Waals surface area (Å²) in [5, 5.41) is 4.02. The van der Waals surface area contributed by atoms with Gasteiger partial charge in [0.2, 0.25) is 5.91 Å². The van der Waals surface area contributed by atoms with Gasteiger partial charge >= 0.3 is 0 Å². The molecule has 1 aliphatic heterocycles. The summed E-state index contributed by atoms with van der Waals surface area (Å²) in [6.07, 6.45) is 1.88. The Morgan fingerprint density at radius 1 is 1.28 bits per heavy atom. The lowest BCUT2D eigenvalue weighted by Gasteiger charge is -2.28. The average molecular weight is 468 g/mol. The van der Waals surface area contributed by atoms with Gasteiger partial charge in [-0.1, -0.05) is 59.8 Å². The number of hydrogen-bond donors (Lipinski definition) is 1. The molecular formula is C24H22ClN3O3S. The number of benzene rings is 2. The molecule has 0 aliphatic carbocycles. The largest absolute Gasteiger partial charge is 0.489 e. The van der Waals surface area contributed by atoms with Gasteiger partial charge in [0, 0.05) is 35.7 Å². The number of amides is 1. The first-order valence-corrected chi connectivity index (χ1v) is 11.4. The fourth-order valence-electron chi connectivity index (χ4n) is 3.75. The van der Waals surface area contributed by atoms with Crippen molar-refractivity contribution in [3.05, 3.63) is 93.3 Å². The van der Waals surface area contributed by atoms with Gasteiger partial charge in [0.25, 0.3) is 5.56 Å². The number of anilines is 1. The molecule has 3 aromatic rings. The quantitative estimate of drug-likeness (QED) is 0.308. The molecule has 164 valence electrons. The summed E-state index contributed by atoms with van der Waals surface area (Å²) in [5.74, 6) is 1.08. The maximum atomic E-state index is 13.0. The number of thioether (sulfide) groups is 1. The zero-order chi connectivity index (χ0) is 22.7. The second kappa shape index (κ2) is 9.63. The second-order valence-corrected chi connectivity index (χ2v) is 8.81. The van der Waals surface area contributed by atoms with E-state index < -0.39 is 5.92 Å². The molecule has 2 aromatic carbocycles. The Hall–Kier alpha value is -3.03. The van der Waals surface area contributed by atoms with Gasteiger partial charge in [-0.2, -0.15) is 4.98 Å². The number of halogens is 1. The Morgan fingerprint density at radius 3 is 2.88 bits per heavy atom. The average Bonchev–Trinajstić information content (AvgIpc) is 2.79. The molecule has 0 saturated carbocycles. The van der Waals surface area contributed by atoms with Gasteiger partial charge in [-0.3, -0.25) is 9.59 Å². The molecular weight excluding hydrogens is 446 g/mol. The summed E-state index contributed by atoms with van der Waals surface area (Å²) in [5.41, 5.74) is 1.82. The summed E-state index contributed by atoms with van der Waals surface area (Å²) < 4.78 is 7.85. The van der Waals surface area contributed by atoms with Crippen LogP contribution in [0.2, 0.25) is 5.02 Å². The highest BCUT2D eigenvalue weighted by Crippen LogP contribution is 2.39. The minimum Gasteiger partial charge on any atom is -0.489 e. The SMILES string of the molecule is C=CCSc1nc(=O)c2c(n1C)NC(=O)C[C@H]2c1ccccc1OCc1cccc(Cl)c1. The van der Waals surface area contributed by atoms with Crippen LogP contribution in [0, 0.1) is 0 Å². The summed E-state index contributed by atoms with van der Waals surface area (Å²) in [6, 6.07) is 14.9. The van der Waals surface area contributed by atoms with Gasteiger partial charge < -0.3 is 14.6 Å². The van der Waals surface area contributed by atoms with Gasteiger partial charge in [0.15, 0.2) is 5.16 Å². The molecule has 0 fully saturated rings. The number of nitrogens with zero attached hydrogens (tertiary/aromatic N) is 2. The molecule has 6 nitrogen and oxygen atoms in total. The number of nitrogens with one attached hydrogen (secondary N) is 1. The zero-order valence-electron chi connectivity index (χ0n) is 17.5. The van der Waals surface area contributed by atoms with Crippen LogP contribution in [0.25, 0.3) is 0 Å². The van der Waals surface area contributed by atoms with E-state index in [1.807, 2.05) is 42.5 Å². The van der Waals surface area contributed by atoms with E-state index in [4.69, 9.17) is 16.3 Å². The number of carbonyl (C=O) groups is 1. The smallest absolute Gasteiger partial charge is 0.279 e. The standard InChI is InChI=1S/C24H22ClN3O3S/c1-3-11-32-24-27-23(30)21-18(13-20(29)26-22(21)28(24)2)17-9-4-5-10-19(17)31-14-15-7-6-8-16(25)12-15/h3-10,12,18H,1,11,13-14H2,2H3,(H,26,29)/t18-/m0/s1. The molecule has 32 heavy (non-hydrogen) atoms. The molecule has 1 atom stereocenters. The van der Waals surface area contributed by atoms with Crippen LogP contribution in [0.5, 0.6) is 5.75 Å². The van der Waals surface area contributed by atoms with Crippen LogP contribution in [0.1, 0.15) is 29.0 Å². The highest BCUT2D eigenvalue weighted by Gasteiger charge is 2.33. The normalized spacial score (nSPS) is 15.1. The van der Waals surface area contributed by atoms with Crippen molar-refractivity contribution >= 4 is 35.1 Å². The highest BCUT2D eigenvalue weighted by atomic mass is 35.5. The minimum absolute atomic E-state index is 0.139. The number of hydrogen-bond acceptors (Lipinski definition) is 5. The van der Waals surface area contributed by atoms with Crippen molar-refractivity contribution in [2.75, 3.05) is 11.1 Å². The van der Waals surface area contributed by atoms with E-state index in [0.29, 0.717) is 39.7 Å². The third-order valence-corrected chi connectivity index (χ3v) is 6.47. The van der Waals surface area contributed by atoms with Gasteiger partial charge in [-0.25, -0.2) is 0 Å². The van der Waals surface area contributed by atoms with Crippen LogP contribution in [0.15, 0.2) is 71.1 Å². The fourth-order valence-corrected chi connectivity index (χ4v) is 4.66. The molecule has 1 amide bonds. The van der Waals surface area contributed by atoms with Crippen molar-refractivity contribution in [2.45, 2.75) is 24.1 Å². The van der Waals surface area contributed by atoms with E-state index in [-0.39, 0.29) is 17.9 Å². The molecule has 2 heterocycles. The molecule has 0 radical (unpaired) electrons. The summed E-state index contributed by atoms with van der Waals surface area (Å²) in [4.78, 5) is 29.9. The van der Waals surface area contributed by atoms with E-state index in [1.54, 1.807) is 23.8 Å². The Morgan fingerprint density at radius 2 is 2.09 bits per heavy atom. The number of aromatic nitrogens is 2. The third kappa shape index (κ3) is 4.59. The summed E-state index contributed by atoms with van der Waals surface area (Å²) >= 11 is 7.47. The maximum Gasteiger partial charge on any atom is 0.279 e. The van der Waals surface area contributed by atoms with E-state index in [9.17, 15) is 9.59 Å². The van der Waals surface area contributed by atoms with Gasteiger partial charge in [0.05, 0.1) is 5.56 Å². The summed E-state index contributed by atoms with van der Waals surface area (Å²) in [6.45, 7) is 4.02. The molecule has 4 rings (SSSR count). The van der Waals surface area contributed by atoms with Crippen molar-refractivity contribution < 1.29 is 9.53 Å². The number of para-hydroxylation sites is 1. The Kier molecular flexibility index (Phi) is 6.67. The molecule has 0 spiro atoms. The molecule has 1 aliphatic rings. The second-order valence-electron chi connectivity index (χ2n) is 7.38. The van der Waals surface area contributed by atoms with Crippen molar-refractivity contribution in [1.82, 2.24) is 9.55 Å². The van der Waals surface area contributed by atoms with Gasteiger partial charge in [-0.15, -0.1) is 6.58 Å². The van der Waals surface area contributed by atoms with Crippen molar-refractivity contribution in [3.8, 4) is 5.75 Å². The number of rotatable bonds is 7. The molecule has 1 N–H and O–H groups in total. The van der Waals surface area contributed by atoms with E-state index >= 15 is 0 Å². The molecule has 0 saturated heterocycles. The number of carbonyl (C=O) groups excluding carboxylic acids is 1. The maximum absolute atomic E-state index is 13.0. The fraction of sp³-hybridized carbons (Fsp3) is 0.208. The number of ether oxygens (including phenoxy) is 1. The molecule has 1 aromatic heterocycles. The molecule has 0 bridgehead atoms. The zero-order valence-corrected chi connectivity index (χ0v) is 19.1. The predicted octanol–water partition coefficient (Wildman–Crippen LogP) is 4.76. The van der Waals surface area contributed by atoms with Gasteiger partial charge in [-0.05, 0) is 23.8 Å². The highest BCUT2D eigenvalue weighted by molar-refractivity contribution is 7.99. The van der Waals surface area contributed by atoms with Crippen molar-refractivity contribution in [2.24, 2.45) is 7.05 Å². The lowest BCUT2D eigenvalue weighted by molar-refractivity contribution is -0.116. The minimum atomic E-state index is -0.459. The van der Waals surface area contributed by atoms with Crippen LogP contribution in [0.3, 0.4) is 0 Å². The lowest BCUT2D eigenvalue weighted by atomic mass is 9.86. The first kappa shape index (κ1) is 22.2. The first-order valence-electron chi connectivity index (χ1n) is 10.1. The van der Waals surface area contributed by atoms with Crippen LogP contribution in [-0.4, -0.2) is 21.2 Å². The first-order chi connectivity index (χ1) is 15.5. The molecule has 8 heteroatoms. The van der Waals surface area contributed by atoms with Crippen LogP contribution in [-0.2, 0) is 18.4 Å². The Labute approximate surface area is 195 Å². The Bertz CT molecular complexity index is 1240. The van der Waals surface area contributed by atoms with Crippen LogP contribution in [0.4, 0.5) is 5.82 Å². The van der Waals surface area contributed by atoms with E-state index in [1.165, 1.54) is 11.8 Å². The summed E-state index contributed by atoms with van der Waals surface area (Å²) in [7, 11) is 1.79. The van der Waals surface area contributed by atoms with Crippen molar-refractivity contribution in [1.29, 1.82) is 0 Å². The monoisotopic (exact) mass is 467 g/mol. The molecule has 0 unspecified atom stereocenters. The third-order valence-electron chi connectivity index (χ3n) is 5.21. The lowest BCUT2D eigenvalue weighted by Crippen LogP contribution is -2.33. The van der Waals surface area contributed by atoms with Crippen LogP contribution < -0.4 is 15.6 Å². The van der Waals surface area contributed by atoms with Crippen LogP contribution >= 0.6 is 23.4 Å². The van der Waals surface area contributed by atoms with E-state index in [2.05, 4.69) is 16.9 Å². The number of fused-ring (bicyclic) bond motifs is 1. The topological polar surface area (TPSA) is 73.2 Å². The predicted molar refractivity (Wildman–Crippen MR) is 128 cm³/mol. The van der Waals surface area contributed by atoms with E-state index in [0.717, 1.165) is 11.1 Å².